The summed E-state index contributed by atoms with van der Waals surface area (Å²) in [5.41, 5.74) is 3.58. The molecule has 1 aromatic heterocycles. The van der Waals surface area contributed by atoms with Gasteiger partial charge in [-0.25, -0.2) is 4.79 Å². The third-order valence-electron chi connectivity index (χ3n) is 7.90. The zero-order chi connectivity index (χ0) is 24.4. The number of rotatable bonds is 7. The molecule has 7 nitrogen and oxygen atoms in total. The fraction of sp³-hybridized carbons (Fsp3) is 0.667. The minimum atomic E-state index is -0.272. The molecule has 3 heterocycles. The van der Waals surface area contributed by atoms with Crippen LogP contribution in [0.4, 0.5) is 0 Å². The van der Waals surface area contributed by atoms with Gasteiger partial charge in [-0.2, -0.15) is 0 Å². The SMILES string of the molecule is CCOC(=O)c1c(CN2CCCC2)n(C2CCCCC2)c2cc(Br)c(O)c(CN3CCOCC3)c12. The molecule has 0 bridgehead atoms. The highest BCUT2D eigenvalue weighted by atomic mass is 79.9. The van der Waals surface area contributed by atoms with Crippen LogP contribution >= 0.6 is 15.9 Å². The minimum absolute atomic E-state index is 0.225. The molecule has 1 N–H and O–H groups in total. The van der Waals surface area contributed by atoms with Gasteiger partial charge in [0.25, 0.3) is 0 Å². The number of phenols is 1. The summed E-state index contributed by atoms with van der Waals surface area (Å²) in [6.45, 7) is 8.63. The minimum Gasteiger partial charge on any atom is -0.506 e. The van der Waals surface area contributed by atoms with Gasteiger partial charge in [0.2, 0.25) is 0 Å². The highest BCUT2D eigenvalue weighted by molar-refractivity contribution is 9.10. The van der Waals surface area contributed by atoms with Gasteiger partial charge in [-0.3, -0.25) is 9.80 Å². The molecular formula is C27H38BrN3O4. The van der Waals surface area contributed by atoms with E-state index in [0.717, 1.165) is 67.7 Å². The Hall–Kier alpha value is -1.61. The number of carbonyl (C=O) groups excluding carboxylic acids is 1. The molecule has 3 aliphatic rings. The number of aromatic hydroxyl groups is 1. The Morgan fingerprint density at radius 2 is 1.74 bits per heavy atom. The maximum absolute atomic E-state index is 13.6. The summed E-state index contributed by atoms with van der Waals surface area (Å²) in [5, 5.41) is 12.2. The van der Waals surface area contributed by atoms with Gasteiger partial charge < -0.3 is 19.1 Å². The second kappa shape index (κ2) is 11.2. The highest BCUT2D eigenvalue weighted by Crippen LogP contribution is 2.44. The van der Waals surface area contributed by atoms with E-state index in [9.17, 15) is 9.90 Å². The zero-order valence-corrected chi connectivity index (χ0v) is 22.4. The molecule has 35 heavy (non-hydrogen) atoms. The lowest BCUT2D eigenvalue weighted by Crippen LogP contribution is -2.35. The Morgan fingerprint density at radius 3 is 2.43 bits per heavy atom. The number of nitrogens with zero attached hydrogens (tertiary/aromatic N) is 3. The van der Waals surface area contributed by atoms with Crippen molar-refractivity contribution in [2.24, 2.45) is 0 Å². The fourth-order valence-corrected chi connectivity index (χ4v) is 6.64. The number of carbonyl (C=O) groups is 1. The number of esters is 1. The summed E-state index contributed by atoms with van der Waals surface area (Å²) in [4.78, 5) is 18.4. The van der Waals surface area contributed by atoms with Gasteiger partial charge in [-0.05, 0) is 67.7 Å². The van der Waals surface area contributed by atoms with Crippen molar-refractivity contribution < 1.29 is 19.4 Å². The largest absolute Gasteiger partial charge is 0.506 e. The van der Waals surface area contributed by atoms with Gasteiger partial charge >= 0.3 is 5.97 Å². The van der Waals surface area contributed by atoms with Crippen LogP contribution in [0, 0.1) is 0 Å². The van der Waals surface area contributed by atoms with E-state index in [2.05, 4.69) is 30.3 Å². The Balaban J connectivity index is 1.73. The smallest absolute Gasteiger partial charge is 0.340 e. The number of halogens is 1. The third kappa shape index (κ3) is 5.13. The molecule has 1 aromatic carbocycles. The van der Waals surface area contributed by atoms with Crippen molar-refractivity contribution in [2.75, 3.05) is 46.0 Å². The van der Waals surface area contributed by atoms with Crippen LogP contribution in [0.15, 0.2) is 10.5 Å². The van der Waals surface area contributed by atoms with Crippen molar-refractivity contribution in [3.8, 4) is 5.75 Å². The normalized spacial score (nSPS) is 20.6. The molecule has 2 aliphatic heterocycles. The predicted molar refractivity (Wildman–Crippen MR) is 140 cm³/mol. The fourth-order valence-electron chi connectivity index (χ4n) is 6.18. The first-order chi connectivity index (χ1) is 17.1. The van der Waals surface area contributed by atoms with E-state index in [-0.39, 0.29) is 11.7 Å². The first-order valence-corrected chi connectivity index (χ1v) is 14.1. The van der Waals surface area contributed by atoms with Gasteiger partial charge in [0.05, 0.1) is 35.4 Å². The Labute approximate surface area is 216 Å². The lowest BCUT2D eigenvalue weighted by Gasteiger charge is -2.28. The second-order valence-corrected chi connectivity index (χ2v) is 11.0. The standard InChI is InChI=1S/C27H38BrN3O4/c1-2-35-27(33)25-23(18-29-10-6-7-11-29)31(19-8-4-3-5-9-19)22-16-21(28)26(32)20(24(22)25)17-30-12-14-34-15-13-30/h16,19,32H,2-15,17-18H2,1H3. The molecule has 0 radical (unpaired) electrons. The van der Waals surface area contributed by atoms with Crippen LogP contribution in [-0.2, 0) is 22.6 Å². The van der Waals surface area contributed by atoms with Crippen LogP contribution in [-0.4, -0.2) is 71.4 Å². The Morgan fingerprint density at radius 1 is 1.06 bits per heavy atom. The number of benzene rings is 1. The molecule has 1 saturated carbocycles. The predicted octanol–water partition coefficient (Wildman–Crippen LogP) is 5.22. The lowest BCUT2D eigenvalue weighted by atomic mass is 9.95. The van der Waals surface area contributed by atoms with Gasteiger partial charge in [-0.1, -0.05) is 19.3 Å². The summed E-state index contributed by atoms with van der Waals surface area (Å²) in [5.74, 6) is -0.0470. The van der Waals surface area contributed by atoms with Crippen LogP contribution < -0.4 is 0 Å². The number of morpholine rings is 1. The van der Waals surface area contributed by atoms with Gasteiger partial charge in [0.1, 0.15) is 5.75 Å². The number of aromatic nitrogens is 1. The average Bonchev–Trinajstić information content (AvgIpc) is 3.49. The van der Waals surface area contributed by atoms with Crippen molar-refractivity contribution in [1.82, 2.24) is 14.4 Å². The van der Waals surface area contributed by atoms with E-state index in [1.165, 1.54) is 32.1 Å². The molecule has 0 spiro atoms. The van der Waals surface area contributed by atoms with Gasteiger partial charge in [0.15, 0.2) is 0 Å². The molecule has 192 valence electrons. The quantitative estimate of drug-likeness (QED) is 0.479. The summed E-state index contributed by atoms with van der Waals surface area (Å²) in [6.07, 6.45) is 8.34. The van der Waals surface area contributed by atoms with Gasteiger partial charge in [0, 0.05) is 48.9 Å². The summed E-state index contributed by atoms with van der Waals surface area (Å²) in [7, 11) is 0. The number of hydrogen-bond acceptors (Lipinski definition) is 6. The number of ether oxygens (including phenoxy) is 2. The molecule has 0 unspecified atom stereocenters. The van der Waals surface area contributed by atoms with E-state index < -0.39 is 0 Å². The van der Waals surface area contributed by atoms with Crippen molar-refractivity contribution in [2.45, 2.75) is 71.0 Å². The summed E-state index contributed by atoms with van der Waals surface area (Å²) in [6, 6.07) is 2.39. The monoisotopic (exact) mass is 547 g/mol. The van der Waals surface area contributed by atoms with E-state index in [4.69, 9.17) is 9.47 Å². The maximum Gasteiger partial charge on any atom is 0.340 e. The Bertz CT molecular complexity index is 1050. The van der Waals surface area contributed by atoms with Gasteiger partial charge in [-0.15, -0.1) is 0 Å². The molecule has 0 atom stereocenters. The average molecular weight is 549 g/mol. The molecular weight excluding hydrogens is 510 g/mol. The maximum atomic E-state index is 13.6. The third-order valence-corrected chi connectivity index (χ3v) is 8.50. The van der Waals surface area contributed by atoms with E-state index >= 15 is 0 Å². The number of phenolic OH excluding ortho intramolecular Hbond substituents is 1. The van der Waals surface area contributed by atoms with Crippen molar-refractivity contribution >= 4 is 32.8 Å². The number of fused-ring (bicyclic) bond motifs is 1. The van der Waals surface area contributed by atoms with Crippen LogP contribution in [0.1, 0.15) is 79.5 Å². The van der Waals surface area contributed by atoms with Crippen LogP contribution in [0.2, 0.25) is 0 Å². The first-order valence-electron chi connectivity index (χ1n) is 13.3. The molecule has 5 rings (SSSR count). The topological polar surface area (TPSA) is 67.2 Å². The summed E-state index contributed by atoms with van der Waals surface area (Å²) >= 11 is 3.65. The molecule has 2 aromatic rings. The lowest BCUT2D eigenvalue weighted by molar-refractivity contribution is 0.0340. The first kappa shape index (κ1) is 25.1. The van der Waals surface area contributed by atoms with Crippen molar-refractivity contribution in [3.05, 3.63) is 27.4 Å². The second-order valence-electron chi connectivity index (χ2n) is 10.2. The van der Waals surface area contributed by atoms with Crippen molar-refractivity contribution in [3.63, 3.8) is 0 Å². The number of likely N-dealkylation sites (tertiary alicyclic amines) is 1. The molecule has 0 amide bonds. The van der Waals surface area contributed by atoms with Crippen LogP contribution in [0.5, 0.6) is 5.75 Å². The molecule has 3 fully saturated rings. The Kier molecular flexibility index (Phi) is 8.02. The van der Waals surface area contributed by atoms with E-state index in [1.54, 1.807) is 0 Å². The number of hydrogen-bond donors (Lipinski definition) is 1. The summed E-state index contributed by atoms with van der Waals surface area (Å²) < 4.78 is 14.3. The molecule has 8 heteroatoms. The zero-order valence-electron chi connectivity index (χ0n) is 20.9. The van der Waals surface area contributed by atoms with E-state index in [1.807, 2.05) is 13.0 Å². The molecule has 2 saturated heterocycles. The highest BCUT2D eigenvalue weighted by Gasteiger charge is 2.33. The molecule has 1 aliphatic carbocycles. The van der Waals surface area contributed by atoms with Crippen LogP contribution in [0.3, 0.4) is 0 Å². The van der Waals surface area contributed by atoms with E-state index in [0.29, 0.717) is 42.4 Å². The van der Waals surface area contributed by atoms with Crippen LogP contribution in [0.25, 0.3) is 10.9 Å². The van der Waals surface area contributed by atoms with Crippen molar-refractivity contribution in [1.29, 1.82) is 0 Å².